The fraction of sp³-hybridized carbons (Fsp3) is 0.714. The molecule has 4 aliphatic rings. The second-order valence-electron chi connectivity index (χ2n) is 8.67. The van der Waals surface area contributed by atoms with Gasteiger partial charge in [-0.05, 0) is 38.5 Å². The van der Waals surface area contributed by atoms with E-state index in [4.69, 9.17) is 9.72 Å². The van der Waals surface area contributed by atoms with Crippen molar-refractivity contribution in [1.29, 1.82) is 0 Å². The van der Waals surface area contributed by atoms with Crippen LogP contribution in [0.25, 0.3) is 0 Å². The van der Waals surface area contributed by atoms with Gasteiger partial charge < -0.3 is 15.0 Å². The van der Waals surface area contributed by atoms with Gasteiger partial charge in [0.1, 0.15) is 5.60 Å². The third-order valence-corrected chi connectivity index (χ3v) is 6.98. The molecule has 0 aromatic carbocycles. The molecule has 2 saturated heterocycles. The quantitative estimate of drug-likeness (QED) is 0.786. The maximum absolute atomic E-state index is 13.6. The molecule has 4 heterocycles. The van der Waals surface area contributed by atoms with Crippen molar-refractivity contribution in [2.24, 2.45) is 5.92 Å². The molecule has 1 aromatic rings. The molecule has 3 fully saturated rings. The highest BCUT2D eigenvalue weighted by Gasteiger charge is 2.54. The first-order chi connectivity index (χ1) is 13.7. The lowest BCUT2D eigenvalue weighted by molar-refractivity contribution is -0.156. The van der Waals surface area contributed by atoms with E-state index in [9.17, 15) is 9.59 Å². The van der Waals surface area contributed by atoms with Gasteiger partial charge in [0.15, 0.2) is 5.82 Å². The molecule has 1 spiro atoms. The predicted octanol–water partition coefficient (Wildman–Crippen LogP) is 2.05. The molecule has 7 heteroatoms. The molecule has 1 amide bonds. The highest BCUT2D eigenvalue weighted by atomic mass is 16.6. The van der Waals surface area contributed by atoms with Crippen LogP contribution in [0.4, 0.5) is 0 Å². The number of nitrogens with one attached hydrogen (secondary N) is 1. The highest BCUT2D eigenvalue weighted by Crippen LogP contribution is 2.46. The van der Waals surface area contributed by atoms with E-state index in [2.05, 4.69) is 10.3 Å². The van der Waals surface area contributed by atoms with Crippen molar-refractivity contribution < 1.29 is 14.3 Å². The van der Waals surface area contributed by atoms with Crippen LogP contribution in [-0.2, 0) is 27.3 Å². The van der Waals surface area contributed by atoms with E-state index in [1.165, 1.54) is 0 Å². The van der Waals surface area contributed by atoms with Gasteiger partial charge in [0, 0.05) is 43.5 Å². The standard InChI is InChI=1S/C21H28N4O3/c26-18-11-15(21(28-18)7-2-1-3-8-21)20(27)25-10-4-5-17(25)19-23-13-14-12-22-9-6-16(14)24-19/h13,15,17,22H,1-12H2. The van der Waals surface area contributed by atoms with Gasteiger partial charge in [-0.2, -0.15) is 0 Å². The number of fused-ring (bicyclic) bond motifs is 1. The van der Waals surface area contributed by atoms with Crippen LogP contribution in [0.5, 0.6) is 0 Å². The number of ether oxygens (including phenoxy) is 1. The van der Waals surface area contributed by atoms with Gasteiger partial charge in [-0.1, -0.05) is 6.42 Å². The first-order valence-corrected chi connectivity index (χ1v) is 10.7. The van der Waals surface area contributed by atoms with Crippen molar-refractivity contribution in [3.8, 4) is 0 Å². The molecule has 3 aliphatic heterocycles. The molecule has 2 unspecified atom stereocenters. The molecule has 28 heavy (non-hydrogen) atoms. The normalized spacial score (nSPS) is 29.0. The predicted molar refractivity (Wildman–Crippen MR) is 101 cm³/mol. The average Bonchev–Trinajstić information content (AvgIpc) is 3.33. The van der Waals surface area contributed by atoms with Crippen LogP contribution >= 0.6 is 0 Å². The second kappa shape index (κ2) is 7.10. The Kier molecular flexibility index (Phi) is 4.57. The van der Waals surface area contributed by atoms with E-state index < -0.39 is 5.60 Å². The third-order valence-electron chi connectivity index (χ3n) is 6.98. The SMILES string of the molecule is O=C1CC(C(=O)N2CCCC2c2ncc3c(n2)CCNC3)C2(CCCCC2)O1. The topological polar surface area (TPSA) is 84.4 Å². The van der Waals surface area contributed by atoms with Crippen LogP contribution in [0.2, 0.25) is 0 Å². The highest BCUT2D eigenvalue weighted by molar-refractivity contribution is 5.88. The monoisotopic (exact) mass is 384 g/mol. The maximum Gasteiger partial charge on any atom is 0.307 e. The molecular formula is C21H28N4O3. The summed E-state index contributed by atoms with van der Waals surface area (Å²) in [4.78, 5) is 37.1. The van der Waals surface area contributed by atoms with Crippen LogP contribution in [-0.4, -0.2) is 45.4 Å². The Morgan fingerprint density at radius 3 is 2.96 bits per heavy atom. The molecular weight excluding hydrogens is 356 g/mol. The minimum atomic E-state index is -0.568. The van der Waals surface area contributed by atoms with Gasteiger partial charge in [-0.15, -0.1) is 0 Å². The lowest BCUT2D eigenvalue weighted by Gasteiger charge is -2.38. The number of rotatable bonds is 2. The molecule has 1 saturated carbocycles. The van der Waals surface area contributed by atoms with Gasteiger partial charge in [-0.25, -0.2) is 9.97 Å². The molecule has 5 rings (SSSR count). The molecule has 7 nitrogen and oxygen atoms in total. The van der Waals surface area contributed by atoms with Crippen LogP contribution in [0, 0.1) is 5.92 Å². The number of hydrogen-bond acceptors (Lipinski definition) is 6. The number of hydrogen-bond donors (Lipinski definition) is 1. The van der Waals surface area contributed by atoms with E-state index >= 15 is 0 Å². The van der Waals surface area contributed by atoms with Gasteiger partial charge in [0.25, 0.3) is 0 Å². The fourth-order valence-electron chi connectivity index (χ4n) is 5.52. The summed E-state index contributed by atoms with van der Waals surface area (Å²) in [7, 11) is 0. The third kappa shape index (κ3) is 3.00. The van der Waals surface area contributed by atoms with Crippen molar-refractivity contribution in [2.75, 3.05) is 13.1 Å². The van der Waals surface area contributed by atoms with E-state index in [1.807, 2.05) is 11.1 Å². The zero-order valence-electron chi connectivity index (χ0n) is 16.3. The Morgan fingerprint density at radius 1 is 1.25 bits per heavy atom. The van der Waals surface area contributed by atoms with E-state index in [1.54, 1.807) is 0 Å². The number of carbonyl (C=O) groups is 2. The van der Waals surface area contributed by atoms with Crippen LogP contribution < -0.4 is 5.32 Å². The Balaban J connectivity index is 1.40. The van der Waals surface area contributed by atoms with Gasteiger partial charge in [0.05, 0.1) is 18.4 Å². The van der Waals surface area contributed by atoms with Crippen LogP contribution in [0.1, 0.15) is 74.5 Å². The van der Waals surface area contributed by atoms with E-state index in [-0.39, 0.29) is 30.3 Å². The van der Waals surface area contributed by atoms with Crippen molar-refractivity contribution in [3.05, 3.63) is 23.3 Å². The molecule has 0 bridgehead atoms. The summed E-state index contributed by atoms with van der Waals surface area (Å²) in [5.41, 5.74) is 1.69. The zero-order chi connectivity index (χ0) is 19.1. The summed E-state index contributed by atoms with van der Waals surface area (Å²) in [6.45, 7) is 2.46. The van der Waals surface area contributed by atoms with Gasteiger partial charge in [0.2, 0.25) is 5.91 Å². The number of likely N-dealkylation sites (tertiary alicyclic amines) is 1. The summed E-state index contributed by atoms with van der Waals surface area (Å²) in [5, 5.41) is 3.34. The van der Waals surface area contributed by atoms with Crippen molar-refractivity contribution in [3.63, 3.8) is 0 Å². The smallest absolute Gasteiger partial charge is 0.307 e. The first-order valence-electron chi connectivity index (χ1n) is 10.7. The first kappa shape index (κ1) is 18.0. The van der Waals surface area contributed by atoms with Crippen molar-refractivity contribution in [1.82, 2.24) is 20.2 Å². The molecule has 2 atom stereocenters. The van der Waals surface area contributed by atoms with E-state index in [0.29, 0.717) is 6.54 Å². The number of nitrogens with zero attached hydrogens (tertiary/aromatic N) is 3. The molecule has 150 valence electrons. The lowest BCUT2D eigenvalue weighted by atomic mass is 9.75. The van der Waals surface area contributed by atoms with Crippen LogP contribution in [0.3, 0.4) is 0 Å². The number of carbonyl (C=O) groups excluding carboxylic acids is 2. The minimum absolute atomic E-state index is 0.0678. The lowest BCUT2D eigenvalue weighted by Crippen LogP contribution is -2.47. The molecule has 1 aliphatic carbocycles. The fourth-order valence-corrected chi connectivity index (χ4v) is 5.52. The van der Waals surface area contributed by atoms with Crippen LogP contribution in [0.15, 0.2) is 6.20 Å². The molecule has 0 radical (unpaired) electrons. The summed E-state index contributed by atoms with van der Waals surface area (Å²) in [6.07, 6.45) is 9.72. The summed E-state index contributed by atoms with van der Waals surface area (Å²) in [5.74, 6) is 0.268. The Morgan fingerprint density at radius 2 is 2.11 bits per heavy atom. The summed E-state index contributed by atoms with van der Waals surface area (Å²) >= 11 is 0. The van der Waals surface area contributed by atoms with Crippen molar-refractivity contribution in [2.45, 2.75) is 76.0 Å². The number of aromatic nitrogens is 2. The largest absolute Gasteiger partial charge is 0.458 e. The Hall–Kier alpha value is -2.02. The summed E-state index contributed by atoms with van der Waals surface area (Å²) < 4.78 is 5.77. The Bertz CT molecular complexity index is 790. The second-order valence-corrected chi connectivity index (χ2v) is 8.67. The maximum atomic E-state index is 13.6. The van der Waals surface area contributed by atoms with Gasteiger partial charge in [-0.3, -0.25) is 9.59 Å². The van der Waals surface area contributed by atoms with Crippen molar-refractivity contribution >= 4 is 11.9 Å². The summed E-state index contributed by atoms with van der Waals surface area (Å²) in [6, 6.07) is -0.0796. The number of amides is 1. The van der Waals surface area contributed by atoms with Gasteiger partial charge >= 0.3 is 5.97 Å². The average molecular weight is 384 g/mol. The zero-order valence-corrected chi connectivity index (χ0v) is 16.3. The molecule has 1 aromatic heterocycles. The number of esters is 1. The molecule has 1 N–H and O–H groups in total. The Labute approximate surface area is 165 Å². The van der Waals surface area contributed by atoms with E-state index in [0.717, 1.165) is 81.5 Å². The minimum Gasteiger partial charge on any atom is -0.458 e.